The second kappa shape index (κ2) is 6.37. The summed E-state index contributed by atoms with van der Waals surface area (Å²) in [5, 5.41) is 3.19. The first-order valence-corrected chi connectivity index (χ1v) is 7.38. The van der Waals surface area contributed by atoms with Crippen LogP contribution in [0.3, 0.4) is 0 Å². The van der Waals surface area contributed by atoms with Gasteiger partial charge in [0, 0.05) is 39.3 Å². The summed E-state index contributed by atoms with van der Waals surface area (Å²) in [5.74, 6) is -0.166. The Morgan fingerprint density at radius 3 is 2.42 bits per heavy atom. The topological polar surface area (TPSA) is 52.7 Å². The van der Waals surface area contributed by atoms with Gasteiger partial charge in [0.1, 0.15) is 0 Å². The van der Waals surface area contributed by atoms with Gasteiger partial charge in [-0.15, -0.1) is 0 Å². The molecule has 0 aromatic heterocycles. The summed E-state index contributed by atoms with van der Waals surface area (Å²) in [4.78, 5) is 27.9. The molecule has 1 saturated heterocycles. The molecule has 19 heavy (non-hydrogen) atoms. The van der Waals surface area contributed by atoms with Gasteiger partial charge in [-0.05, 0) is 18.8 Å². The van der Waals surface area contributed by atoms with Crippen molar-refractivity contribution in [2.45, 2.75) is 38.6 Å². The number of carbonyl (C=O) groups is 2. The highest BCUT2D eigenvalue weighted by Gasteiger charge is 2.33. The first kappa shape index (κ1) is 14.3. The molecule has 2 amide bonds. The van der Waals surface area contributed by atoms with Gasteiger partial charge in [0.25, 0.3) is 0 Å². The van der Waals surface area contributed by atoms with E-state index >= 15 is 0 Å². The number of rotatable bonds is 1. The largest absolute Gasteiger partial charge is 0.334 e. The van der Waals surface area contributed by atoms with Crippen molar-refractivity contribution in [1.29, 1.82) is 0 Å². The summed E-state index contributed by atoms with van der Waals surface area (Å²) < 4.78 is 0. The third-order valence-electron chi connectivity index (χ3n) is 4.47. The van der Waals surface area contributed by atoms with Crippen molar-refractivity contribution in [1.82, 2.24) is 15.1 Å². The van der Waals surface area contributed by atoms with E-state index in [2.05, 4.69) is 12.2 Å². The molecule has 0 aromatic rings. The van der Waals surface area contributed by atoms with Crippen molar-refractivity contribution < 1.29 is 9.59 Å². The highest BCUT2D eigenvalue weighted by atomic mass is 16.2. The Bertz CT molecular complexity index is 340. The van der Waals surface area contributed by atoms with Crippen molar-refractivity contribution in [3.8, 4) is 0 Å². The minimum atomic E-state index is -0.333. The minimum Gasteiger partial charge on any atom is -0.334 e. The van der Waals surface area contributed by atoms with Crippen LogP contribution in [-0.4, -0.2) is 60.9 Å². The average Bonchev–Trinajstić information content (AvgIpc) is 2.46. The number of likely N-dealkylation sites (N-methyl/N-ethyl adjacent to an activating group) is 1. The first-order valence-electron chi connectivity index (χ1n) is 7.38. The zero-order valence-electron chi connectivity index (χ0n) is 12.0. The molecule has 2 rings (SSSR count). The van der Waals surface area contributed by atoms with E-state index in [0.717, 1.165) is 32.4 Å². The van der Waals surface area contributed by atoms with E-state index in [0.29, 0.717) is 19.0 Å². The van der Waals surface area contributed by atoms with Crippen LogP contribution in [0.4, 0.5) is 0 Å². The molecule has 108 valence electrons. The predicted molar refractivity (Wildman–Crippen MR) is 73.6 cm³/mol. The van der Waals surface area contributed by atoms with Crippen molar-refractivity contribution in [3.05, 3.63) is 0 Å². The monoisotopic (exact) mass is 267 g/mol. The van der Waals surface area contributed by atoms with Gasteiger partial charge in [0.15, 0.2) is 0 Å². The summed E-state index contributed by atoms with van der Waals surface area (Å²) in [6.07, 6.45) is 4.59. The van der Waals surface area contributed by atoms with Gasteiger partial charge in [-0.1, -0.05) is 19.8 Å². The average molecular weight is 267 g/mol. The molecule has 1 aliphatic carbocycles. The molecule has 1 saturated carbocycles. The van der Waals surface area contributed by atoms with Crippen LogP contribution in [0.25, 0.3) is 0 Å². The highest BCUT2D eigenvalue weighted by Crippen LogP contribution is 2.27. The lowest BCUT2D eigenvalue weighted by Gasteiger charge is -2.37. The van der Waals surface area contributed by atoms with Crippen LogP contribution >= 0.6 is 0 Å². The van der Waals surface area contributed by atoms with Crippen LogP contribution in [-0.2, 0) is 9.59 Å². The summed E-state index contributed by atoms with van der Waals surface area (Å²) in [6, 6.07) is 0.230. The lowest BCUT2D eigenvalue weighted by atomic mass is 9.85. The van der Waals surface area contributed by atoms with Crippen molar-refractivity contribution in [2.75, 3.05) is 33.2 Å². The lowest BCUT2D eigenvalue weighted by Crippen LogP contribution is -2.54. The van der Waals surface area contributed by atoms with E-state index in [1.807, 2.05) is 0 Å². The quantitative estimate of drug-likeness (QED) is 0.702. The molecule has 2 atom stereocenters. The molecule has 0 spiro atoms. The zero-order chi connectivity index (χ0) is 13.8. The van der Waals surface area contributed by atoms with Gasteiger partial charge in [-0.3, -0.25) is 9.59 Å². The van der Waals surface area contributed by atoms with Gasteiger partial charge in [0.05, 0.1) is 0 Å². The molecule has 2 aliphatic rings. The molecule has 0 aromatic carbocycles. The first-order chi connectivity index (χ1) is 9.11. The second-order valence-corrected chi connectivity index (χ2v) is 5.79. The maximum atomic E-state index is 12.3. The van der Waals surface area contributed by atoms with Gasteiger partial charge < -0.3 is 15.1 Å². The third kappa shape index (κ3) is 3.26. The fourth-order valence-corrected chi connectivity index (χ4v) is 3.18. The molecular formula is C14H25N3O2. The number of hydrogen-bond donors (Lipinski definition) is 1. The predicted octanol–water partition coefficient (Wildman–Crippen LogP) is 0.455. The maximum absolute atomic E-state index is 12.3. The number of amides is 2. The van der Waals surface area contributed by atoms with Gasteiger partial charge in [-0.25, -0.2) is 0 Å². The highest BCUT2D eigenvalue weighted by molar-refractivity contribution is 6.34. The molecule has 0 bridgehead atoms. The van der Waals surface area contributed by atoms with E-state index in [9.17, 15) is 9.59 Å². The summed E-state index contributed by atoms with van der Waals surface area (Å²) in [6.45, 7) is 5.02. The number of piperazine rings is 1. The number of nitrogens with zero attached hydrogens (tertiary/aromatic N) is 2. The van der Waals surface area contributed by atoms with Gasteiger partial charge in [-0.2, -0.15) is 0 Å². The zero-order valence-corrected chi connectivity index (χ0v) is 12.0. The molecule has 5 nitrogen and oxygen atoms in total. The molecule has 2 fully saturated rings. The van der Waals surface area contributed by atoms with Crippen LogP contribution in [0.1, 0.15) is 32.6 Å². The molecule has 5 heteroatoms. The fourth-order valence-electron chi connectivity index (χ4n) is 3.18. The molecular weight excluding hydrogens is 242 g/mol. The summed E-state index contributed by atoms with van der Waals surface area (Å²) in [7, 11) is 1.79. The lowest BCUT2D eigenvalue weighted by molar-refractivity contribution is -0.153. The number of nitrogens with one attached hydrogen (secondary N) is 1. The van der Waals surface area contributed by atoms with Crippen LogP contribution in [0.5, 0.6) is 0 Å². The standard InChI is InChI=1S/C14H25N3O2/c1-11-5-3-4-6-12(11)16(2)13(18)14(19)17-9-7-15-8-10-17/h11-12,15H,3-10H2,1-2H3. The number of carbonyl (C=O) groups excluding carboxylic acids is 2. The van der Waals surface area contributed by atoms with E-state index in [-0.39, 0.29) is 17.9 Å². The normalized spacial score (nSPS) is 28.0. The third-order valence-corrected chi connectivity index (χ3v) is 4.47. The maximum Gasteiger partial charge on any atom is 0.312 e. The fraction of sp³-hybridized carbons (Fsp3) is 0.857. The molecule has 2 unspecified atom stereocenters. The van der Waals surface area contributed by atoms with Crippen LogP contribution in [0.2, 0.25) is 0 Å². The van der Waals surface area contributed by atoms with E-state index in [4.69, 9.17) is 0 Å². The van der Waals surface area contributed by atoms with Crippen LogP contribution in [0, 0.1) is 5.92 Å². The van der Waals surface area contributed by atoms with Gasteiger partial charge >= 0.3 is 11.8 Å². The summed E-state index contributed by atoms with van der Waals surface area (Å²) in [5.41, 5.74) is 0. The molecule has 1 N–H and O–H groups in total. The molecule has 1 heterocycles. The Labute approximate surface area is 115 Å². The van der Waals surface area contributed by atoms with E-state index in [1.165, 1.54) is 6.42 Å². The van der Waals surface area contributed by atoms with E-state index in [1.54, 1.807) is 16.8 Å². The Kier molecular flexibility index (Phi) is 4.80. The smallest absolute Gasteiger partial charge is 0.312 e. The van der Waals surface area contributed by atoms with Crippen LogP contribution < -0.4 is 5.32 Å². The van der Waals surface area contributed by atoms with Crippen LogP contribution in [0.15, 0.2) is 0 Å². The van der Waals surface area contributed by atoms with Gasteiger partial charge in [0.2, 0.25) is 0 Å². The van der Waals surface area contributed by atoms with Crippen molar-refractivity contribution in [3.63, 3.8) is 0 Å². The van der Waals surface area contributed by atoms with Crippen molar-refractivity contribution in [2.24, 2.45) is 5.92 Å². The SMILES string of the molecule is CC1CCCCC1N(C)C(=O)C(=O)N1CCNCC1. The Hall–Kier alpha value is -1.10. The minimum absolute atomic E-state index is 0.230. The Morgan fingerprint density at radius 2 is 1.79 bits per heavy atom. The molecule has 0 radical (unpaired) electrons. The Balaban J connectivity index is 1.95. The number of hydrogen-bond acceptors (Lipinski definition) is 3. The summed E-state index contributed by atoms with van der Waals surface area (Å²) >= 11 is 0. The van der Waals surface area contributed by atoms with E-state index < -0.39 is 0 Å². The van der Waals surface area contributed by atoms with Crippen molar-refractivity contribution >= 4 is 11.8 Å². The molecule has 1 aliphatic heterocycles. The Morgan fingerprint density at radius 1 is 1.16 bits per heavy atom. The second-order valence-electron chi connectivity index (χ2n) is 5.79.